The van der Waals surface area contributed by atoms with Crippen LogP contribution in [-0.4, -0.2) is 15.1 Å². The maximum atomic E-state index is 5.87. The van der Waals surface area contributed by atoms with Crippen LogP contribution in [0.15, 0.2) is 62.7 Å². The molecule has 4 rings (SSSR count). The van der Waals surface area contributed by atoms with E-state index in [1.807, 2.05) is 36.4 Å². The van der Waals surface area contributed by atoms with Crippen molar-refractivity contribution in [1.29, 1.82) is 0 Å². The molecule has 23 heavy (non-hydrogen) atoms. The highest BCUT2D eigenvalue weighted by molar-refractivity contribution is 7.98. The van der Waals surface area contributed by atoms with Gasteiger partial charge in [-0.1, -0.05) is 40.7 Å². The molecule has 0 aliphatic rings. The molecule has 0 aliphatic carbocycles. The quantitative estimate of drug-likeness (QED) is 0.495. The molecule has 2 heterocycles. The van der Waals surface area contributed by atoms with Crippen molar-refractivity contribution < 1.29 is 8.94 Å². The molecule has 0 saturated carbocycles. The van der Waals surface area contributed by atoms with Crippen LogP contribution in [0.3, 0.4) is 0 Å². The third-order valence-corrected chi connectivity index (χ3v) is 4.23. The summed E-state index contributed by atoms with van der Waals surface area (Å²) in [7, 11) is 0. The van der Waals surface area contributed by atoms with Crippen LogP contribution in [0.4, 0.5) is 0 Å². The summed E-state index contributed by atoms with van der Waals surface area (Å²) >= 11 is 7.29. The molecule has 0 amide bonds. The van der Waals surface area contributed by atoms with Gasteiger partial charge in [0.25, 0.3) is 11.1 Å². The molecule has 0 bridgehead atoms. The molecule has 7 heteroatoms. The number of hydrogen-bond acceptors (Lipinski definition) is 6. The largest absolute Gasteiger partial charge is 0.431 e. The second-order valence-electron chi connectivity index (χ2n) is 4.76. The van der Waals surface area contributed by atoms with Crippen LogP contribution in [0.5, 0.6) is 0 Å². The van der Waals surface area contributed by atoms with Gasteiger partial charge in [-0.3, -0.25) is 0 Å². The van der Waals surface area contributed by atoms with Crippen LogP contribution in [0.25, 0.3) is 22.6 Å². The number of thioether (sulfide) groups is 1. The van der Waals surface area contributed by atoms with Crippen molar-refractivity contribution in [1.82, 2.24) is 15.1 Å². The van der Waals surface area contributed by atoms with Crippen LogP contribution < -0.4 is 0 Å². The Morgan fingerprint density at radius 3 is 2.65 bits per heavy atom. The first kappa shape index (κ1) is 14.3. The zero-order valence-electron chi connectivity index (χ0n) is 11.8. The van der Waals surface area contributed by atoms with Crippen molar-refractivity contribution in [3.05, 3.63) is 59.4 Å². The highest BCUT2D eigenvalue weighted by atomic mass is 35.5. The van der Waals surface area contributed by atoms with E-state index in [-0.39, 0.29) is 0 Å². The van der Waals surface area contributed by atoms with Crippen LogP contribution in [0, 0.1) is 0 Å². The van der Waals surface area contributed by atoms with Crippen molar-refractivity contribution in [2.75, 3.05) is 0 Å². The predicted octanol–water partition coefficient (Wildman–Crippen LogP) is 4.82. The molecule has 114 valence electrons. The van der Waals surface area contributed by atoms with E-state index in [0.29, 0.717) is 27.7 Å². The van der Waals surface area contributed by atoms with Gasteiger partial charge in [0.05, 0.1) is 5.75 Å². The fourth-order valence-electron chi connectivity index (χ4n) is 2.06. The Hall–Kier alpha value is -2.31. The van der Waals surface area contributed by atoms with Gasteiger partial charge in [-0.15, -0.1) is 0 Å². The number of nitrogens with zero attached hydrogens (tertiary/aromatic N) is 3. The highest BCUT2D eigenvalue weighted by Crippen LogP contribution is 2.26. The molecule has 0 atom stereocenters. The second-order valence-corrected chi connectivity index (χ2v) is 6.12. The smallest absolute Gasteiger partial charge is 0.257 e. The van der Waals surface area contributed by atoms with Gasteiger partial charge in [0.1, 0.15) is 5.52 Å². The fraction of sp³-hybridized carbons (Fsp3) is 0.0625. The summed E-state index contributed by atoms with van der Waals surface area (Å²) in [5, 5.41) is 5.23. The van der Waals surface area contributed by atoms with Crippen molar-refractivity contribution >= 4 is 34.5 Å². The SMILES string of the molecule is Clc1ccc(-c2nc(CSc3nc4ccccc4o3)no2)cc1. The first-order valence-electron chi connectivity index (χ1n) is 6.85. The first-order chi connectivity index (χ1) is 11.3. The number of oxazole rings is 1. The Kier molecular flexibility index (Phi) is 3.77. The Bertz CT molecular complexity index is 916. The molecule has 0 radical (unpaired) electrons. The maximum absolute atomic E-state index is 5.87. The average Bonchev–Trinajstić information content (AvgIpc) is 3.20. The minimum atomic E-state index is 0.467. The van der Waals surface area contributed by atoms with E-state index in [2.05, 4.69) is 15.1 Å². The molecule has 0 unspecified atom stereocenters. The number of fused-ring (bicyclic) bond motifs is 1. The minimum absolute atomic E-state index is 0.467. The van der Waals surface area contributed by atoms with E-state index in [1.54, 1.807) is 12.1 Å². The van der Waals surface area contributed by atoms with Crippen molar-refractivity contribution in [2.24, 2.45) is 0 Å². The predicted molar refractivity (Wildman–Crippen MR) is 88.3 cm³/mol. The highest BCUT2D eigenvalue weighted by Gasteiger charge is 2.11. The molecule has 0 saturated heterocycles. The first-order valence-corrected chi connectivity index (χ1v) is 8.21. The van der Waals surface area contributed by atoms with E-state index < -0.39 is 0 Å². The van der Waals surface area contributed by atoms with E-state index in [9.17, 15) is 0 Å². The molecular formula is C16H10ClN3O2S. The van der Waals surface area contributed by atoms with Gasteiger partial charge in [-0.2, -0.15) is 4.98 Å². The van der Waals surface area contributed by atoms with Crippen LogP contribution in [0.1, 0.15) is 5.82 Å². The van der Waals surface area contributed by atoms with Gasteiger partial charge in [0, 0.05) is 10.6 Å². The van der Waals surface area contributed by atoms with E-state index in [1.165, 1.54) is 11.8 Å². The summed E-state index contributed by atoms with van der Waals surface area (Å²) < 4.78 is 10.9. The normalized spacial score (nSPS) is 11.2. The van der Waals surface area contributed by atoms with Crippen LogP contribution >= 0.6 is 23.4 Å². The average molecular weight is 344 g/mol. The lowest BCUT2D eigenvalue weighted by atomic mass is 10.2. The summed E-state index contributed by atoms with van der Waals surface area (Å²) in [5.74, 6) is 1.57. The number of para-hydroxylation sites is 2. The lowest BCUT2D eigenvalue weighted by Crippen LogP contribution is -1.84. The fourth-order valence-corrected chi connectivity index (χ4v) is 2.87. The van der Waals surface area contributed by atoms with Gasteiger partial charge < -0.3 is 8.94 Å². The Morgan fingerprint density at radius 2 is 1.83 bits per heavy atom. The topological polar surface area (TPSA) is 65.0 Å². The number of aromatic nitrogens is 3. The summed E-state index contributed by atoms with van der Waals surface area (Å²) in [4.78, 5) is 8.77. The summed E-state index contributed by atoms with van der Waals surface area (Å²) in [5.41, 5.74) is 2.44. The Morgan fingerprint density at radius 1 is 1.00 bits per heavy atom. The van der Waals surface area contributed by atoms with Crippen LogP contribution in [0.2, 0.25) is 5.02 Å². The number of rotatable bonds is 4. The monoisotopic (exact) mass is 343 g/mol. The zero-order chi connectivity index (χ0) is 15.6. The molecule has 0 spiro atoms. The second kappa shape index (κ2) is 6.06. The summed E-state index contributed by atoms with van der Waals surface area (Å²) in [6, 6.07) is 14.9. The van der Waals surface area contributed by atoms with Crippen molar-refractivity contribution in [2.45, 2.75) is 11.0 Å². The molecule has 2 aromatic carbocycles. The van der Waals surface area contributed by atoms with Gasteiger partial charge >= 0.3 is 0 Å². The van der Waals surface area contributed by atoms with Gasteiger partial charge in [0.15, 0.2) is 11.4 Å². The number of benzene rings is 2. The minimum Gasteiger partial charge on any atom is -0.431 e. The maximum Gasteiger partial charge on any atom is 0.257 e. The zero-order valence-corrected chi connectivity index (χ0v) is 13.3. The van der Waals surface area contributed by atoms with Gasteiger partial charge in [-0.05, 0) is 36.4 Å². The van der Waals surface area contributed by atoms with E-state index in [0.717, 1.165) is 16.7 Å². The van der Waals surface area contributed by atoms with E-state index >= 15 is 0 Å². The molecular weight excluding hydrogens is 334 g/mol. The van der Waals surface area contributed by atoms with Crippen LogP contribution in [-0.2, 0) is 5.75 Å². The van der Waals surface area contributed by atoms with E-state index in [4.69, 9.17) is 20.5 Å². The molecule has 0 N–H and O–H groups in total. The molecule has 4 aromatic rings. The number of hydrogen-bond donors (Lipinski definition) is 0. The summed E-state index contributed by atoms with van der Waals surface area (Å²) in [6.07, 6.45) is 0. The lowest BCUT2D eigenvalue weighted by Gasteiger charge is -1.93. The van der Waals surface area contributed by atoms with Gasteiger partial charge in [0.2, 0.25) is 0 Å². The Labute approximate surface area is 140 Å². The third kappa shape index (κ3) is 3.09. The van der Waals surface area contributed by atoms with Crippen molar-refractivity contribution in [3.63, 3.8) is 0 Å². The Balaban J connectivity index is 1.48. The lowest BCUT2D eigenvalue weighted by molar-refractivity contribution is 0.425. The number of halogens is 1. The third-order valence-electron chi connectivity index (χ3n) is 3.16. The standard InChI is InChI=1S/C16H10ClN3O2S/c17-11-7-5-10(6-8-11)15-19-14(20-22-15)9-23-16-18-12-3-1-2-4-13(12)21-16/h1-8H,9H2. The molecule has 0 aliphatic heterocycles. The molecule has 2 aromatic heterocycles. The van der Waals surface area contributed by atoms with Gasteiger partial charge in [-0.25, -0.2) is 4.98 Å². The summed E-state index contributed by atoms with van der Waals surface area (Å²) in [6.45, 7) is 0. The molecule has 5 nitrogen and oxygen atoms in total. The molecule has 0 fully saturated rings. The van der Waals surface area contributed by atoms with Crippen molar-refractivity contribution in [3.8, 4) is 11.5 Å².